The van der Waals surface area contributed by atoms with Crippen LogP contribution in [0.2, 0.25) is 0 Å². The van der Waals surface area contributed by atoms with Crippen LogP contribution < -0.4 is 0 Å². The van der Waals surface area contributed by atoms with Crippen molar-refractivity contribution in [1.29, 1.82) is 0 Å². The number of aliphatic carboxylic acids is 1. The van der Waals surface area contributed by atoms with Gasteiger partial charge in [-0.05, 0) is 36.8 Å². The highest BCUT2D eigenvalue weighted by atomic mass is 16.4. The molecule has 0 aliphatic heterocycles. The Hall–Kier alpha value is -3.67. The molecule has 27 heavy (non-hydrogen) atoms. The standard InChI is InChI=1S/C21H18N4O2/c1-15-18(9-10-19(26)27)21(24-13-11-17-8-5-12-22-20(17)24)25(23-15)14-16-6-3-2-4-7-16/h2-13H,14H2,1H3,(H,26,27). The predicted octanol–water partition coefficient (Wildman–Crippen LogP) is 3.68. The Balaban J connectivity index is 1.92. The van der Waals surface area contributed by atoms with Crippen molar-refractivity contribution in [2.75, 3.05) is 0 Å². The Morgan fingerprint density at radius 3 is 2.74 bits per heavy atom. The maximum absolute atomic E-state index is 11.1. The number of carboxylic acids is 1. The maximum atomic E-state index is 11.1. The van der Waals surface area contributed by atoms with Gasteiger partial charge in [-0.1, -0.05) is 30.3 Å². The van der Waals surface area contributed by atoms with Gasteiger partial charge in [0.25, 0.3) is 0 Å². The number of pyridine rings is 1. The summed E-state index contributed by atoms with van der Waals surface area (Å²) in [6.07, 6.45) is 6.42. The lowest BCUT2D eigenvalue weighted by Crippen LogP contribution is -2.09. The summed E-state index contributed by atoms with van der Waals surface area (Å²) in [4.78, 5) is 15.6. The molecule has 6 nitrogen and oxygen atoms in total. The molecular weight excluding hydrogens is 340 g/mol. The monoisotopic (exact) mass is 358 g/mol. The number of hydrogen-bond donors (Lipinski definition) is 1. The molecule has 0 atom stereocenters. The normalized spacial score (nSPS) is 11.4. The fourth-order valence-electron chi connectivity index (χ4n) is 3.19. The third kappa shape index (κ3) is 3.25. The summed E-state index contributed by atoms with van der Waals surface area (Å²) >= 11 is 0. The molecule has 1 N–H and O–H groups in total. The highest BCUT2D eigenvalue weighted by Gasteiger charge is 2.17. The zero-order valence-electron chi connectivity index (χ0n) is 14.8. The van der Waals surface area contributed by atoms with E-state index in [2.05, 4.69) is 10.1 Å². The molecule has 0 radical (unpaired) electrons. The minimum Gasteiger partial charge on any atom is -0.478 e. The van der Waals surface area contributed by atoms with Gasteiger partial charge in [-0.25, -0.2) is 14.5 Å². The molecule has 4 rings (SSSR count). The van der Waals surface area contributed by atoms with E-state index in [0.29, 0.717) is 6.54 Å². The van der Waals surface area contributed by atoms with E-state index in [1.54, 1.807) is 12.3 Å². The number of hydrogen-bond acceptors (Lipinski definition) is 3. The van der Waals surface area contributed by atoms with Crippen LogP contribution >= 0.6 is 0 Å². The third-order valence-electron chi connectivity index (χ3n) is 4.39. The SMILES string of the molecule is Cc1nn(Cc2ccccc2)c(-n2ccc3cccnc32)c1C=CC(=O)O. The fraction of sp³-hybridized carbons (Fsp3) is 0.0952. The van der Waals surface area contributed by atoms with E-state index in [1.807, 2.05) is 70.9 Å². The Labute approximate surface area is 156 Å². The smallest absolute Gasteiger partial charge is 0.328 e. The Bertz CT molecular complexity index is 1140. The first-order valence-electron chi connectivity index (χ1n) is 8.58. The number of aromatic nitrogens is 4. The average molecular weight is 358 g/mol. The van der Waals surface area contributed by atoms with Crippen LogP contribution in [0, 0.1) is 6.92 Å². The second-order valence-corrected chi connectivity index (χ2v) is 6.24. The van der Waals surface area contributed by atoms with Gasteiger partial charge in [-0.15, -0.1) is 0 Å². The van der Waals surface area contributed by atoms with Crippen molar-refractivity contribution >= 4 is 23.1 Å². The van der Waals surface area contributed by atoms with Crippen molar-refractivity contribution in [2.45, 2.75) is 13.5 Å². The summed E-state index contributed by atoms with van der Waals surface area (Å²) in [6.45, 7) is 2.45. The van der Waals surface area contributed by atoms with Crippen molar-refractivity contribution in [3.8, 4) is 5.82 Å². The molecule has 6 heteroatoms. The van der Waals surface area contributed by atoms with Gasteiger partial charge < -0.3 is 5.11 Å². The quantitative estimate of drug-likeness (QED) is 0.553. The number of rotatable bonds is 5. The molecule has 3 heterocycles. The van der Waals surface area contributed by atoms with Gasteiger partial charge in [-0.2, -0.15) is 5.10 Å². The molecule has 0 saturated carbocycles. The van der Waals surface area contributed by atoms with Crippen LogP contribution in [0.25, 0.3) is 22.9 Å². The second kappa shape index (κ2) is 6.92. The lowest BCUT2D eigenvalue weighted by atomic mass is 10.2. The molecule has 0 saturated heterocycles. The van der Waals surface area contributed by atoms with Crippen molar-refractivity contribution in [3.63, 3.8) is 0 Å². The lowest BCUT2D eigenvalue weighted by Gasteiger charge is -2.11. The van der Waals surface area contributed by atoms with Crippen LogP contribution in [0.15, 0.2) is 67.0 Å². The first kappa shape index (κ1) is 16.8. The van der Waals surface area contributed by atoms with Crippen molar-refractivity contribution < 1.29 is 9.90 Å². The van der Waals surface area contributed by atoms with Crippen LogP contribution in [0.3, 0.4) is 0 Å². The fourth-order valence-corrected chi connectivity index (χ4v) is 3.19. The number of aryl methyl sites for hydroxylation is 1. The van der Waals surface area contributed by atoms with E-state index < -0.39 is 5.97 Å². The largest absolute Gasteiger partial charge is 0.478 e. The van der Waals surface area contributed by atoms with Crippen LogP contribution in [0.4, 0.5) is 0 Å². The van der Waals surface area contributed by atoms with Gasteiger partial charge in [0.1, 0.15) is 11.5 Å². The summed E-state index contributed by atoms with van der Waals surface area (Å²) in [5, 5.41) is 14.7. The van der Waals surface area contributed by atoms with Crippen molar-refractivity contribution in [2.24, 2.45) is 0 Å². The Morgan fingerprint density at radius 2 is 1.96 bits per heavy atom. The van der Waals surface area contributed by atoms with Gasteiger partial charge in [0.15, 0.2) is 0 Å². The summed E-state index contributed by atoms with van der Waals surface area (Å²) < 4.78 is 3.85. The summed E-state index contributed by atoms with van der Waals surface area (Å²) in [6, 6.07) is 15.9. The molecule has 0 bridgehead atoms. The Morgan fingerprint density at radius 1 is 1.15 bits per heavy atom. The average Bonchev–Trinajstić information content (AvgIpc) is 3.21. The Kier molecular flexibility index (Phi) is 4.30. The van der Waals surface area contributed by atoms with E-state index in [4.69, 9.17) is 5.11 Å². The number of carboxylic acid groups (broad SMARTS) is 1. The molecule has 0 spiro atoms. The summed E-state index contributed by atoms with van der Waals surface area (Å²) in [5.74, 6) is -0.200. The summed E-state index contributed by atoms with van der Waals surface area (Å²) in [5.41, 5.74) is 3.43. The van der Waals surface area contributed by atoms with E-state index in [9.17, 15) is 4.79 Å². The minimum atomic E-state index is -0.994. The molecule has 0 unspecified atom stereocenters. The lowest BCUT2D eigenvalue weighted by molar-refractivity contribution is -0.131. The molecule has 0 amide bonds. The van der Waals surface area contributed by atoms with Gasteiger partial charge in [0, 0.05) is 29.4 Å². The number of fused-ring (bicyclic) bond motifs is 1. The molecule has 0 fully saturated rings. The molecule has 134 valence electrons. The molecule has 1 aromatic carbocycles. The number of carbonyl (C=O) groups is 1. The van der Waals surface area contributed by atoms with Crippen LogP contribution in [-0.2, 0) is 11.3 Å². The van der Waals surface area contributed by atoms with Gasteiger partial charge in [0.05, 0.1) is 12.2 Å². The first-order chi connectivity index (χ1) is 13.1. The highest BCUT2D eigenvalue weighted by Crippen LogP contribution is 2.25. The minimum absolute atomic E-state index is 0.574. The molecule has 0 aliphatic carbocycles. The highest BCUT2D eigenvalue weighted by molar-refractivity contribution is 5.87. The van der Waals surface area contributed by atoms with Gasteiger partial charge in [0.2, 0.25) is 0 Å². The van der Waals surface area contributed by atoms with E-state index >= 15 is 0 Å². The molecule has 4 aromatic rings. The maximum Gasteiger partial charge on any atom is 0.328 e. The van der Waals surface area contributed by atoms with E-state index in [0.717, 1.165) is 39.7 Å². The van der Waals surface area contributed by atoms with Crippen LogP contribution in [-0.4, -0.2) is 30.4 Å². The topological polar surface area (TPSA) is 72.9 Å². The van der Waals surface area contributed by atoms with E-state index in [1.165, 1.54) is 0 Å². The van der Waals surface area contributed by atoms with Crippen molar-refractivity contribution in [3.05, 3.63) is 83.8 Å². The molecule has 3 aromatic heterocycles. The second-order valence-electron chi connectivity index (χ2n) is 6.24. The number of benzene rings is 1. The summed E-state index contributed by atoms with van der Waals surface area (Å²) in [7, 11) is 0. The van der Waals surface area contributed by atoms with Crippen LogP contribution in [0.1, 0.15) is 16.8 Å². The molecule has 0 aliphatic rings. The van der Waals surface area contributed by atoms with Gasteiger partial charge in [-0.3, -0.25) is 4.57 Å². The van der Waals surface area contributed by atoms with Crippen molar-refractivity contribution in [1.82, 2.24) is 19.3 Å². The van der Waals surface area contributed by atoms with E-state index in [-0.39, 0.29) is 0 Å². The zero-order chi connectivity index (χ0) is 18.8. The van der Waals surface area contributed by atoms with Gasteiger partial charge >= 0.3 is 5.97 Å². The van der Waals surface area contributed by atoms with Crippen LogP contribution in [0.5, 0.6) is 0 Å². The first-order valence-corrected chi connectivity index (χ1v) is 8.58. The number of nitrogens with zero attached hydrogens (tertiary/aromatic N) is 4. The zero-order valence-corrected chi connectivity index (χ0v) is 14.8. The molecular formula is C21H18N4O2. The third-order valence-corrected chi connectivity index (χ3v) is 4.39. The predicted molar refractivity (Wildman–Crippen MR) is 104 cm³/mol.